The Morgan fingerprint density at radius 1 is 1.15 bits per heavy atom. The molecule has 1 aromatic carbocycles. The van der Waals surface area contributed by atoms with Gasteiger partial charge in [0.25, 0.3) is 0 Å². The first-order valence-corrected chi connectivity index (χ1v) is 9.21. The standard InChI is InChI=1S/C21H32N4O.HI/c1-6-22-20(23-13-16-11-12-25(5)15-16)24-14-19(26)17-7-9-18(10-8-17)21(2,3)4;/h7-12,15,19,26H,6,13-14H2,1-5H3,(H2,22,23,24);1H. The molecule has 0 amide bonds. The SMILES string of the molecule is CCNC(=NCc1ccn(C)c1)NCC(O)c1ccc(C(C)(C)C)cc1.I. The van der Waals surface area contributed by atoms with Crippen LogP contribution < -0.4 is 10.6 Å². The molecule has 150 valence electrons. The fourth-order valence-electron chi connectivity index (χ4n) is 2.68. The molecule has 0 saturated heterocycles. The van der Waals surface area contributed by atoms with Crippen LogP contribution in [0.4, 0.5) is 0 Å². The van der Waals surface area contributed by atoms with Gasteiger partial charge < -0.3 is 20.3 Å². The van der Waals surface area contributed by atoms with Crippen LogP contribution >= 0.6 is 24.0 Å². The van der Waals surface area contributed by atoms with Crippen LogP contribution in [0.1, 0.15) is 50.5 Å². The number of hydrogen-bond acceptors (Lipinski definition) is 2. The van der Waals surface area contributed by atoms with E-state index in [2.05, 4.69) is 60.8 Å². The van der Waals surface area contributed by atoms with Crippen LogP contribution in [0.15, 0.2) is 47.7 Å². The summed E-state index contributed by atoms with van der Waals surface area (Å²) in [5.74, 6) is 0.710. The summed E-state index contributed by atoms with van der Waals surface area (Å²) in [6.07, 6.45) is 3.49. The smallest absolute Gasteiger partial charge is 0.191 e. The van der Waals surface area contributed by atoms with Gasteiger partial charge in [0.05, 0.1) is 12.6 Å². The molecule has 6 heteroatoms. The van der Waals surface area contributed by atoms with Crippen LogP contribution in [0.5, 0.6) is 0 Å². The van der Waals surface area contributed by atoms with Gasteiger partial charge in [-0.1, -0.05) is 45.0 Å². The average Bonchev–Trinajstić information content (AvgIpc) is 3.02. The number of benzene rings is 1. The van der Waals surface area contributed by atoms with Crippen molar-refractivity contribution in [2.75, 3.05) is 13.1 Å². The van der Waals surface area contributed by atoms with Crippen molar-refractivity contribution in [3.63, 3.8) is 0 Å². The first kappa shape index (κ1) is 23.5. The average molecular weight is 484 g/mol. The van der Waals surface area contributed by atoms with Gasteiger partial charge in [0.15, 0.2) is 5.96 Å². The second-order valence-corrected chi connectivity index (χ2v) is 7.65. The molecular formula is C21H33IN4O. The largest absolute Gasteiger partial charge is 0.387 e. The third kappa shape index (κ3) is 7.54. The van der Waals surface area contributed by atoms with Crippen LogP contribution in [-0.4, -0.2) is 28.7 Å². The van der Waals surface area contributed by atoms with E-state index >= 15 is 0 Å². The lowest BCUT2D eigenvalue weighted by Gasteiger charge is -2.20. The van der Waals surface area contributed by atoms with Crippen LogP contribution in [-0.2, 0) is 19.0 Å². The summed E-state index contributed by atoms with van der Waals surface area (Å²) < 4.78 is 2.01. The van der Waals surface area contributed by atoms with Crippen molar-refractivity contribution in [1.82, 2.24) is 15.2 Å². The van der Waals surface area contributed by atoms with E-state index in [1.807, 2.05) is 36.9 Å². The van der Waals surface area contributed by atoms with Crippen molar-refractivity contribution < 1.29 is 5.11 Å². The van der Waals surface area contributed by atoms with Crippen molar-refractivity contribution >= 4 is 29.9 Å². The Bertz CT molecular complexity index is 717. The second-order valence-electron chi connectivity index (χ2n) is 7.65. The van der Waals surface area contributed by atoms with Gasteiger partial charge in [0.1, 0.15) is 0 Å². The molecule has 0 aliphatic carbocycles. The number of hydrogen-bond donors (Lipinski definition) is 3. The van der Waals surface area contributed by atoms with Gasteiger partial charge in [-0.3, -0.25) is 0 Å². The van der Waals surface area contributed by atoms with Crippen LogP contribution in [0.2, 0.25) is 0 Å². The number of nitrogens with one attached hydrogen (secondary N) is 2. The van der Waals surface area contributed by atoms with E-state index in [4.69, 9.17) is 0 Å². The highest BCUT2D eigenvalue weighted by Crippen LogP contribution is 2.23. The highest BCUT2D eigenvalue weighted by atomic mass is 127. The minimum absolute atomic E-state index is 0. The van der Waals surface area contributed by atoms with Crippen LogP contribution in [0, 0.1) is 0 Å². The summed E-state index contributed by atoms with van der Waals surface area (Å²) in [5, 5.41) is 16.9. The Balaban J connectivity index is 0.00000364. The van der Waals surface area contributed by atoms with Crippen molar-refractivity contribution in [2.45, 2.75) is 45.8 Å². The van der Waals surface area contributed by atoms with Crippen molar-refractivity contribution in [3.8, 4) is 0 Å². The quantitative estimate of drug-likeness (QED) is 0.333. The summed E-state index contributed by atoms with van der Waals surface area (Å²) in [4.78, 5) is 4.58. The molecule has 27 heavy (non-hydrogen) atoms. The minimum atomic E-state index is -0.579. The molecule has 1 atom stereocenters. The Morgan fingerprint density at radius 3 is 2.33 bits per heavy atom. The molecule has 1 heterocycles. The Hall–Kier alpha value is -1.54. The lowest BCUT2D eigenvalue weighted by molar-refractivity contribution is 0.181. The molecule has 1 unspecified atom stereocenters. The second kappa shape index (κ2) is 10.7. The zero-order valence-corrected chi connectivity index (χ0v) is 19.3. The highest BCUT2D eigenvalue weighted by Gasteiger charge is 2.14. The maximum atomic E-state index is 10.5. The molecule has 2 rings (SSSR count). The fourth-order valence-corrected chi connectivity index (χ4v) is 2.68. The third-order valence-electron chi connectivity index (χ3n) is 4.28. The van der Waals surface area contributed by atoms with E-state index in [9.17, 15) is 5.11 Å². The van der Waals surface area contributed by atoms with Crippen molar-refractivity contribution in [2.24, 2.45) is 12.0 Å². The normalized spacial score (nSPS) is 13.0. The van der Waals surface area contributed by atoms with Crippen molar-refractivity contribution in [3.05, 3.63) is 59.4 Å². The predicted octanol–water partition coefficient (Wildman–Crippen LogP) is 3.73. The number of aromatic nitrogens is 1. The number of aliphatic hydroxyl groups excluding tert-OH is 1. The number of aliphatic imine (C=N–C) groups is 1. The lowest BCUT2D eigenvalue weighted by atomic mass is 9.86. The zero-order valence-electron chi connectivity index (χ0n) is 17.0. The topological polar surface area (TPSA) is 61.6 Å². The minimum Gasteiger partial charge on any atom is -0.387 e. The van der Waals surface area contributed by atoms with Crippen molar-refractivity contribution in [1.29, 1.82) is 0 Å². The maximum absolute atomic E-state index is 10.5. The van der Waals surface area contributed by atoms with E-state index in [-0.39, 0.29) is 29.4 Å². The molecule has 0 spiro atoms. The predicted molar refractivity (Wildman–Crippen MR) is 124 cm³/mol. The number of halogens is 1. The Kier molecular flexibility index (Phi) is 9.32. The summed E-state index contributed by atoms with van der Waals surface area (Å²) in [6.45, 7) is 10.4. The first-order valence-electron chi connectivity index (χ1n) is 9.21. The molecule has 0 radical (unpaired) electrons. The Labute approximate surface area is 180 Å². The molecule has 3 N–H and O–H groups in total. The molecule has 2 aromatic rings. The summed E-state index contributed by atoms with van der Waals surface area (Å²) >= 11 is 0. The number of rotatable bonds is 6. The van der Waals surface area contributed by atoms with E-state index < -0.39 is 6.10 Å². The number of nitrogens with zero attached hydrogens (tertiary/aromatic N) is 2. The van der Waals surface area contributed by atoms with E-state index in [0.29, 0.717) is 19.0 Å². The molecule has 1 aromatic heterocycles. The molecule has 0 saturated carbocycles. The highest BCUT2D eigenvalue weighted by molar-refractivity contribution is 14.0. The van der Waals surface area contributed by atoms with Gasteiger partial charge in [0.2, 0.25) is 0 Å². The lowest BCUT2D eigenvalue weighted by Crippen LogP contribution is -2.39. The zero-order chi connectivity index (χ0) is 19.2. The van der Waals surface area contributed by atoms with E-state index in [0.717, 1.165) is 17.7 Å². The molecule has 5 nitrogen and oxygen atoms in total. The van der Waals surface area contributed by atoms with Gasteiger partial charge in [-0.05, 0) is 35.1 Å². The van der Waals surface area contributed by atoms with Crippen LogP contribution in [0.25, 0.3) is 0 Å². The Morgan fingerprint density at radius 2 is 1.81 bits per heavy atom. The monoisotopic (exact) mass is 484 g/mol. The molecular weight excluding hydrogens is 451 g/mol. The molecule has 0 aliphatic rings. The van der Waals surface area contributed by atoms with E-state index in [1.165, 1.54) is 5.56 Å². The molecule has 0 aliphatic heterocycles. The van der Waals surface area contributed by atoms with Gasteiger partial charge in [-0.2, -0.15) is 0 Å². The molecule has 0 fully saturated rings. The van der Waals surface area contributed by atoms with Gasteiger partial charge in [-0.15, -0.1) is 24.0 Å². The van der Waals surface area contributed by atoms with Gasteiger partial charge in [0, 0.05) is 32.5 Å². The third-order valence-corrected chi connectivity index (χ3v) is 4.28. The summed E-state index contributed by atoms with van der Waals surface area (Å²) in [5.41, 5.74) is 3.44. The fraction of sp³-hybridized carbons (Fsp3) is 0.476. The van der Waals surface area contributed by atoms with Gasteiger partial charge in [-0.25, -0.2) is 4.99 Å². The van der Waals surface area contributed by atoms with Gasteiger partial charge >= 0.3 is 0 Å². The summed E-state index contributed by atoms with van der Waals surface area (Å²) in [7, 11) is 2.00. The number of aryl methyl sites for hydroxylation is 1. The number of aliphatic hydroxyl groups is 1. The maximum Gasteiger partial charge on any atom is 0.191 e. The number of guanidine groups is 1. The molecule has 0 bridgehead atoms. The van der Waals surface area contributed by atoms with Crippen LogP contribution in [0.3, 0.4) is 0 Å². The van der Waals surface area contributed by atoms with E-state index in [1.54, 1.807) is 0 Å². The summed E-state index contributed by atoms with van der Waals surface area (Å²) in [6, 6.07) is 10.2. The first-order chi connectivity index (χ1) is 12.3.